The lowest BCUT2D eigenvalue weighted by Crippen LogP contribution is -2.31. The minimum Gasteiger partial charge on any atom is -0.208 e. The van der Waals surface area contributed by atoms with Crippen LogP contribution in [0, 0.1) is 0 Å². The molecule has 3 nitrogen and oxygen atoms in total. The standard InChI is InChI=1S/C52H31N3S2/c1-3-13-32(14-4-1)33-23-25-35(26-24-33)50-53-49(34-15-5-2-6-16-34)54-51(55-50)36-27-28-45-39(29-36)40-30-44-48(31-47(40)56-45)57-46-22-12-11-21-43(46)52(44)41-19-9-7-17-37(41)38-18-8-10-20-42(38)52/h1-31H. The van der Waals surface area contributed by atoms with Crippen molar-refractivity contribution in [2.45, 2.75) is 15.2 Å². The van der Waals surface area contributed by atoms with E-state index in [1.54, 1.807) is 0 Å². The molecule has 266 valence electrons. The second-order valence-corrected chi connectivity index (χ2v) is 16.9. The summed E-state index contributed by atoms with van der Waals surface area (Å²) in [7, 11) is 0. The molecule has 0 unspecified atom stereocenters. The third-order valence-electron chi connectivity index (χ3n) is 11.6. The molecule has 10 aromatic rings. The summed E-state index contributed by atoms with van der Waals surface area (Å²) < 4.78 is 2.52. The molecule has 0 atom stereocenters. The third kappa shape index (κ3) is 4.96. The Bertz CT molecular complexity index is 3160. The first-order valence-corrected chi connectivity index (χ1v) is 20.8. The zero-order valence-electron chi connectivity index (χ0n) is 30.6. The highest BCUT2D eigenvalue weighted by Gasteiger charge is 2.50. The predicted octanol–water partition coefficient (Wildman–Crippen LogP) is 13.7. The summed E-state index contributed by atoms with van der Waals surface area (Å²) in [5.74, 6) is 1.96. The molecule has 1 aliphatic heterocycles. The summed E-state index contributed by atoms with van der Waals surface area (Å²) in [6.45, 7) is 0. The largest absolute Gasteiger partial charge is 0.208 e. The summed E-state index contributed by atoms with van der Waals surface area (Å²) in [5.41, 5.74) is 12.8. The van der Waals surface area contributed by atoms with Crippen molar-refractivity contribution in [1.82, 2.24) is 15.0 Å². The van der Waals surface area contributed by atoms with Crippen LogP contribution in [0.1, 0.15) is 22.3 Å². The van der Waals surface area contributed by atoms with Crippen molar-refractivity contribution >= 4 is 43.3 Å². The number of thiophene rings is 1. The molecule has 5 heteroatoms. The van der Waals surface area contributed by atoms with E-state index in [4.69, 9.17) is 15.0 Å². The van der Waals surface area contributed by atoms with Crippen molar-refractivity contribution in [2.75, 3.05) is 0 Å². The Morgan fingerprint density at radius 2 is 0.825 bits per heavy atom. The van der Waals surface area contributed by atoms with Gasteiger partial charge in [-0.2, -0.15) is 0 Å². The van der Waals surface area contributed by atoms with Gasteiger partial charge in [0.05, 0.1) is 5.41 Å². The van der Waals surface area contributed by atoms with Crippen LogP contribution >= 0.6 is 23.1 Å². The van der Waals surface area contributed by atoms with Crippen molar-refractivity contribution in [1.29, 1.82) is 0 Å². The van der Waals surface area contributed by atoms with E-state index in [9.17, 15) is 0 Å². The lowest BCUT2D eigenvalue weighted by atomic mass is 9.67. The maximum atomic E-state index is 5.15. The van der Waals surface area contributed by atoms with E-state index in [2.05, 4.69) is 164 Å². The van der Waals surface area contributed by atoms with E-state index in [-0.39, 0.29) is 0 Å². The van der Waals surface area contributed by atoms with Gasteiger partial charge in [-0.3, -0.25) is 0 Å². The van der Waals surface area contributed by atoms with E-state index in [1.165, 1.54) is 68.9 Å². The molecule has 8 aromatic carbocycles. The fourth-order valence-corrected chi connectivity index (χ4v) is 11.5. The minimum atomic E-state index is -0.422. The van der Waals surface area contributed by atoms with Crippen molar-refractivity contribution in [3.05, 3.63) is 210 Å². The van der Waals surface area contributed by atoms with Crippen molar-refractivity contribution in [3.8, 4) is 56.4 Å². The zero-order chi connectivity index (χ0) is 37.5. The highest BCUT2D eigenvalue weighted by Crippen LogP contribution is 2.62. The van der Waals surface area contributed by atoms with E-state index >= 15 is 0 Å². The summed E-state index contributed by atoms with van der Waals surface area (Å²) in [5, 5.41) is 2.47. The third-order valence-corrected chi connectivity index (χ3v) is 13.9. The van der Waals surface area contributed by atoms with E-state index in [0.29, 0.717) is 17.5 Å². The van der Waals surface area contributed by atoms with Gasteiger partial charge in [0.15, 0.2) is 17.5 Å². The zero-order valence-corrected chi connectivity index (χ0v) is 32.2. The van der Waals surface area contributed by atoms with E-state index in [0.717, 1.165) is 22.3 Å². The van der Waals surface area contributed by atoms with Gasteiger partial charge in [-0.25, -0.2) is 15.0 Å². The number of hydrogen-bond donors (Lipinski definition) is 0. The second kappa shape index (κ2) is 12.7. The van der Waals surface area contributed by atoms with Crippen LogP contribution < -0.4 is 0 Å². The van der Waals surface area contributed by atoms with Crippen LogP contribution in [0.5, 0.6) is 0 Å². The number of rotatable bonds is 4. The topological polar surface area (TPSA) is 38.7 Å². The van der Waals surface area contributed by atoms with Crippen molar-refractivity contribution < 1.29 is 0 Å². The molecular weight excluding hydrogens is 731 g/mol. The van der Waals surface area contributed by atoms with Crippen molar-refractivity contribution in [3.63, 3.8) is 0 Å². The highest BCUT2D eigenvalue weighted by molar-refractivity contribution is 7.99. The number of fused-ring (bicyclic) bond motifs is 12. The monoisotopic (exact) mass is 761 g/mol. The maximum Gasteiger partial charge on any atom is 0.164 e. The molecule has 1 aliphatic carbocycles. The van der Waals surface area contributed by atoms with E-state index < -0.39 is 5.41 Å². The molecule has 0 bridgehead atoms. The number of aromatic nitrogens is 3. The van der Waals surface area contributed by atoms with Crippen LogP contribution in [-0.2, 0) is 5.41 Å². The molecule has 0 amide bonds. The van der Waals surface area contributed by atoms with Gasteiger partial charge in [-0.05, 0) is 80.9 Å². The normalized spacial score (nSPS) is 13.3. The molecule has 0 fully saturated rings. The SMILES string of the molecule is c1ccc(-c2ccc(-c3nc(-c4ccccc4)nc(-c4ccc5sc6cc7c(cc6c5c4)C4(c5ccccc5S7)c5ccccc5-c5ccccc54)n3)cc2)cc1. The maximum absolute atomic E-state index is 5.15. The fourth-order valence-electron chi connectivity index (χ4n) is 9.06. The van der Waals surface area contributed by atoms with Gasteiger partial charge in [0.25, 0.3) is 0 Å². The van der Waals surface area contributed by atoms with Gasteiger partial charge in [0.2, 0.25) is 0 Å². The average Bonchev–Trinajstić information content (AvgIpc) is 3.79. The molecule has 0 N–H and O–H groups in total. The van der Waals surface area contributed by atoms with Crippen molar-refractivity contribution in [2.24, 2.45) is 0 Å². The van der Waals surface area contributed by atoms with Crippen LogP contribution in [0.15, 0.2) is 198 Å². The summed E-state index contributed by atoms with van der Waals surface area (Å²) in [4.78, 5) is 17.9. The molecule has 57 heavy (non-hydrogen) atoms. The molecule has 0 saturated carbocycles. The Morgan fingerprint density at radius 1 is 0.333 bits per heavy atom. The summed E-state index contributed by atoms with van der Waals surface area (Å²) in [6, 6.07) is 67.8. The Balaban J connectivity index is 1.05. The quantitative estimate of drug-likeness (QED) is 0.179. The molecule has 2 aromatic heterocycles. The van der Waals surface area contributed by atoms with Gasteiger partial charge in [0.1, 0.15) is 0 Å². The van der Waals surface area contributed by atoms with Gasteiger partial charge < -0.3 is 0 Å². The lowest BCUT2D eigenvalue weighted by molar-refractivity contribution is 0.724. The molecule has 1 spiro atoms. The molecule has 0 radical (unpaired) electrons. The first-order chi connectivity index (χ1) is 28.2. The number of nitrogens with zero attached hydrogens (tertiary/aromatic N) is 3. The first-order valence-electron chi connectivity index (χ1n) is 19.2. The number of hydrogen-bond acceptors (Lipinski definition) is 5. The lowest BCUT2D eigenvalue weighted by Gasteiger charge is -2.39. The Hall–Kier alpha value is -6.66. The Morgan fingerprint density at radius 3 is 1.51 bits per heavy atom. The van der Waals surface area contributed by atoms with Crippen LogP contribution in [0.4, 0.5) is 0 Å². The first kappa shape index (κ1) is 32.6. The predicted molar refractivity (Wildman–Crippen MR) is 236 cm³/mol. The van der Waals surface area contributed by atoms with Gasteiger partial charge >= 0.3 is 0 Å². The van der Waals surface area contributed by atoms with Gasteiger partial charge in [-0.1, -0.05) is 163 Å². The number of benzene rings is 8. The molecule has 2 aliphatic rings. The average molecular weight is 762 g/mol. The highest BCUT2D eigenvalue weighted by atomic mass is 32.2. The molecule has 12 rings (SSSR count). The molecule has 3 heterocycles. The van der Waals surface area contributed by atoms with Crippen LogP contribution in [-0.4, -0.2) is 15.0 Å². The Labute approximate surface area is 338 Å². The van der Waals surface area contributed by atoms with Crippen LogP contribution in [0.3, 0.4) is 0 Å². The minimum absolute atomic E-state index is 0.422. The second-order valence-electron chi connectivity index (χ2n) is 14.7. The fraction of sp³-hybridized carbons (Fsp3) is 0.0192. The smallest absolute Gasteiger partial charge is 0.164 e. The van der Waals surface area contributed by atoms with Gasteiger partial charge in [0, 0.05) is 46.7 Å². The summed E-state index contributed by atoms with van der Waals surface area (Å²) in [6.07, 6.45) is 0. The van der Waals surface area contributed by atoms with Gasteiger partial charge in [-0.15, -0.1) is 11.3 Å². The van der Waals surface area contributed by atoms with Crippen LogP contribution in [0.2, 0.25) is 0 Å². The summed E-state index contributed by atoms with van der Waals surface area (Å²) >= 11 is 3.75. The molecule has 0 saturated heterocycles. The Kier molecular flexibility index (Phi) is 7.25. The van der Waals surface area contributed by atoms with Crippen LogP contribution in [0.25, 0.3) is 76.6 Å². The van der Waals surface area contributed by atoms with E-state index in [1.807, 2.05) is 47.4 Å². The molecular formula is C52H31N3S2.